The van der Waals surface area contributed by atoms with Crippen molar-refractivity contribution in [2.24, 2.45) is 12.5 Å². The van der Waals surface area contributed by atoms with Crippen LogP contribution >= 0.6 is 15.9 Å². The Bertz CT molecular complexity index is 591. The summed E-state index contributed by atoms with van der Waals surface area (Å²) in [6.07, 6.45) is 5.50. The lowest BCUT2D eigenvalue weighted by molar-refractivity contribution is -0.138. The van der Waals surface area contributed by atoms with E-state index in [2.05, 4.69) is 26.3 Å². The van der Waals surface area contributed by atoms with Gasteiger partial charge in [-0.05, 0) is 28.8 Å². The standard InChI is InChI=1S/C14H21BrN4O2/c1-18(2)13(21)14(6-4-5-7-14)9-16-10-8-17-19(3)12(20)11(10)15/h8,16H,4-7,9H2,1-3H3. The van der Waals surface area contributed by atoms with Gasteiger partial charge in [-0.3, -0.25) is 9.59 Å². The smallest absolute Gasteiger partial charge is 0.282 e. The summed E-state index contributed by atoms with van der Waals surface area (Å²) < 4.78 is 1.72. The van der Waals surface area contributed by atoms with Gasteiger partial charge >= 0.3 is 0 Å². The van der Waals surface area contributed by atoms with E-state index >= 15 is 0 Å². The third kappa shape index (κ3) is 3.12. The summed E-state index contributed by atoms with van der Waals surface area (Å²) in [5, 5.41) is 7.23. The fourth-order valence-corrected chi connectivity index (χ4v) is 3.39. The minimum Gasteiger partial charge on any atom is -0.382 e. The Morgan fingerprint density at radius 1 is 1.48 bits per heavy atom. The second-order valence-corrected chi connectivity index (χ2v) is 6.63. The molecule has 1 aromatic heterocycles. The van der Waals surface area contributed by atoms with E-state index in [1.165, 1.54) is 4.68 Å². The van der Waals surface area contributed by atoms with Crippen LogP contribution in [0, 0.1) is 5.41 Å². The summed E-state index contributed by atoms with van der Waals surface area (Å²) in [5.41, 5.74) is 0.0691. The topological polar surface area (TPSA) is 67.2 Å². The number of anilines is 1. The van der Waals surface area contributed by atoms with Crippen molar-refractivity contribution in [1.82, 2.24) is 14.7 Å². The van der Waals surface area contributed by atoms with Gasteiger partial charge in [0.15, 0.2) is 0 Å². The predicted molar refractivity (Wildman–Crippen MR) is 85.3 cm³/mol. The molecular weight excluding hydrogens is 336 g/mol. The second kappa shape index (κ2) is 6.17. The fourth-order valence-electron chi connectivity index (χ4n) is 2.89. The molecule has 0 unspecified atom stereocenters. The van der Waals surface area contributed by atoms with Gasteiger partial charge in [-0.15, -0.1) is 0 Å². The maximum Gasteiger partial charge on any atom is 0.282 e. The normalized spacial score (nSPS) is 16.8. The number of amides is 1. The number of hydrogen-bond acceptors (Lipinski definition) is 4. The highest BCUT2D eigenvalue weighted by Crippen LogP contribution is 2.39. The minimum absolute atomic E-state index is 0.153. The van der Waals surface area contributed by atoms with Crippen molar-refractivity contribution < 1.29 is 4.79 Å². The van der Waals surface area contributed by atoms with Gasteiger partial charge in [0.2, 0.25) is 5.91 Å². The van der Waals surface area contributed by atoms with E-state index in [0.717, 1.165) is 25.7 Å². The van der Waals surface area contributed by atoms with E-state index < -0.39 is 0 Å². The molecule has 1 aliphatic rings. The molecule has 0 atom stereocenters. The van der Waals surface area contributed by atoms with Crippen molar-refractivity contribution in [2.45, 2.75) is 25.7 Å². The van der Waals surface area contributed by atoms with Crippen LogP contribution in [-0.2, 0) is 11.8 Å². The van der Waals surface area contributed by atoms with Crippen molar-refractivity contribution in [3.63, 3.8) is 0 Å². The van der Waals surface area contributed by atoms with Crippen LogP contribution in [0.15, 0.2) is 15.5 Å². The highest BCUT2D eigenvalue weighted by atomic mass is 79.9. The zero-order chi connectivity index (χ0) is 15.6. The van der Waals surface area contributed by atoms with E-state index in [4.69, 9.17) is 0 Å². The summed E-state index contributed by atoms with van der Waals surface area (Å²) in [5.74, 6) is 0.153. The highest BCUT2D eigenvalue weighted by Gasteiger charge is 2.41. The molecule has 7 heteroatoms. The predicted octanol–water partition coefficient (Wildman–Crippen LogP) is 1.60. The molecule has 0 aliphatic heterocycles. The Kier molecular flexibility index (Phi) is 4.70. The largest absolute Gasteiger partial charge is 0.382 e. The van der Waals surface area contributed by atoms with Crippen molar-refractivity contribution in [3.8, 4) is 0 Å². The Morgan fingerprint density at radius 3 is 2.67 bits per heavy atom. The molecule has 0 aromatic carbocycles. The van der Waals surface area contributed by atoms with E-state index in [0.29, 0.717) is 16.7 Å². The Morgan fingerprint density at radius 2 is 2.10 bits per heavy atom. The molecule has 1 heterocycles. The number of aromatic nitrogens is 2. The van der Waals surface area contributed by atoms with Gasteiger partial charge in [-0.2, -0.15) is 5.10 Å². The number of carbonyl (C=O) groups is 1. The van der Waals surface area contributed by atoms with Gasteiger partial charge < -0.3 is 10.2 Å². The number of nitrogens with one attached hydrogen (secondary N) is 1. The molecule has 0 spiro atoms. The lowest BCUT2D eigenvalue weighted by atomic mass is 9.84. The lowest BCUT2D eigenvalue weighted by Gasteiger charge is -2.31. The van der Waals surface area contributed by atoms with E-state index in [9.17, 15) is 9.59 Å². The monoisotopic (exact) mass is 356 g/mol. The zero-order valence-electron chi connectivity index (χ0n) is 12.6. The molecule has 1 aromatic rings. The van der Waals surface area contributed by atoms with E-state index in [1.54, 1.807) is 32.2 Å². The third-order valence-electron chi connectivity index (χ3n) is 4.12. The Hall–Kier alpha value is -1.37. The molecule has 6 nitrogen and oxygen atoms in total. The van der Waals surface area contributed by atoms with Crippen molar-refractivity contribution in [2.75, 3.05) is 26.0 Å². The Balaban J connectivity index is 2.19. The molecular formula is C14H21BrN4O2. The summed E-state index contributed by atoms with van der Waals surface area (Å²) in [6, 6.07) is 0. The van der Waals surface area contributed by atoms with E-state index in [-0.39, 0.29) is 16.9 Å². The minimum atomic E-state index is -0.371. The molecule has 21 heavy (non-hydrogen) atoms. The molecule has 0 saturated heterocycles. The first-order valence-corrected chi connectivity index (χ1v) is 7.84. The van der Waals surface area contributed by atoms with Crippen LogP contribution < -0.4 is 10.9 Å². The molecule has 2 rings (SSSR count). The number of carbonyl (C=O) groups excluding carboxylic acids is 1. The van der Waals surface area contributed by atoms with Gasteiger partial charge in [0, 0.05) is 27.7 Å². The van der Waals surface area contributed by atoms with Gasteiger partial charge in [0.05, 0.1) is 17.3 Å². The third-order valence-corrected chi connectivity index (χ3v) is 4.88. The maximum absolute atomic E-state index is 12.5. The lowest BCUT2D eigenvalue weighted by Crippen LogP contribution is -2.43. The number of hydrogen-bond donors (Lipinski definition) is 1. The summed E-state index contributed by atoms with van der Waals surface area (Å²) in [7, 11) is 5.18. The number of nitrogens with zero attached hydrogens (tertiary/aromatic N) is 3. The van der Waals surface area contributed by atoms with Gasteiger partial charge in [-0.1, -0.05) is 12.8 Å². The maximum atomic E-state index is 12.5. The van der Waals surface area contributed by atoms with Gasteiger partial charge in [0.25, 0.3) is 5.56 Å². The number of rotatable bonds is 4. The van der Waals surface area contributed by atoms with Gasteiger partial charge in [-0.25, -0.2) is 4.68 Å². The summed E-state index contributed by atoms with van der Waals surface area (Å²) in [6.45, 7) is 0.525. The molecule has 0 radical (unpaired) electrons. The first-order valence-electron chi connectivity index (χ1n) is 7.05. The number of halogens is 1. The number of aryl methyl sites for hydroxylation is 1. The van der Waals surface area contributed by atoms with Crippen molar-refractivity contribution >= 4 is 27.5 Å². The summed E-state index contributed by atoms with van der Waals surface area (Å²) >= 11 is 3.29. The zero-order valence-corrected chi connectivity index (χ0v) is 14.2. The molecule has 1 amide bonds. The quantitative estimate of drug-likeness (QED) is 0.889. The summed E-state index contributed by atoms with van der Waals surface area (Å²) in [4.78, 5) is 26.0. The first-order chi connectivity index (χ1) is 9.87. The SMILES string of the molecule is CN(C)C(=O)C1(CNc2cnn(C)c(=O)c2Br)CCCC1. The Labute approximate surface area is 132 Å². The molecule has 1 fully saturated rings. The van der Waals surface area contributed by atoms with Crippen molar-refractivity contribution in [3.05, 3.63) is 21.0 Å². The van der Waals surface area contributed by atoms with Crippen LogP contribution in [-0.4, -0.2) is 41.2 Å². The fraction of sp³-hybridized carbons (Fsp3) is 0.643. The van der Waals surface area contributed by atoms with E-state index in [1.807, 2.05) is 0 Å². The van der Waals surface area contributed by atoms with Gasteiger partial charge in [0.1, 0.15) is 4.47 Å². The van der Waals surface area contributed by atoms with Crippen LogP contribution in [0.5, 0.6) is 0 Å². The van der Waals surface area contributed by atoms with Crippen LogP contribution in [0.1, 0.15) is 25.7 Å². The molecule has 1 saturated carbocycles. The van der Waals surface area contributed by atoms with Crippen LogP contribution in [0.25, 0.3) is 0 Å². The average Bonchev–Trinajstić information content (AvgIpc) is 2.93. The van der Waals surface area contributed by atoms with Crippen LogP contribution in [0.3, 0.4) is 0 Å². The van der Waals surface area contributed by atoms with Crippen molar-refractivity contribution in [1.29, 1.82) is 0 Å². The highest BCUT2D eigenvalue weighted by molar-refractivity contribution is 9.10. The second-order valence-electron chi connectivity index (χ2n) is 5.84. The average molecular weight is 357 g/mol. The molecule has 1 aliphatic carbocycles. The molecule has 0 bridgehead atoms. The molecule has 1 N–H and O–H groups in total. The van der Waals surface area contributed by atoms with Crippen LogP contribution in [0.2, 0.25) is 0 Å². The van der Waals surface area contributed by atoms with Crippen LogP contribution in [0.4, 0.5) is 5.69 Å². The first kappa shape index (κ1) is 16.0. The molecule has 116 valence electrons.